The van der Waals surface area contributed by atoms with Crippen molar-refractivity contribution in [2.45, 2.75) is 32.2 Å². The van der Waals surface area contributed by atoms with E-state index < -0.39 is 6.04 Å². The molecule has 7 heteroatoms. The number of unbranched alkanes of at least 4 members (excludes halogenated alkanes) is 2. The summed E-state index contributed by atoms with van der Waals surface area (Å²) in [6.07, 6.45) is 2.95. The number of halogens is 1. The number of rotatable bonds is 6. The number of phenols is 2. The van der Waals surface area contributed by atoms with Gasteiger partial charge in [0.15, 0.2) is 0 Å². The minimum absolute atomic E-state index is 0.0373. The number of phenolic OH excluding ortho intramolecular Hbond substituents is 2. The van der Waals surface area contributed by atoms with E-state index in [1.807, 2.05) is 6.07 Å². The van der Waals surface area contributed by atoms with Gasteiger partial charge in [0.2, 0.25) is 0 Å². The fourth-order valence-electron chi connectivity index (χ4n) is 3.90. The first-order valence-corrected chi connectivity index (χ1v) is 10.1. The summed E-state index contributed by atoms with van der Waals surface area (Å²) in [6.45, 7) is 2.71. The van der Waals surface area contributed by atoms with E-state index in [1.54, 1.807) is 35.2 Å². The van der Waals surface area contributed by atoms with E-state index in [2.05, 4.69) is 17.1 Å². The molecule has 1 amide bonds. The predicted molar refractivity (Wildman–Crippen MR) is 111 cm³/mol. The summed E-state index contributed by atoms with van der Waals surface area (Å²) in [6, 6.07) is 11.2. The lowest BCUT2D eigenvalue weighted by atomic mass is 9.95. The van der Waals surface area contributed by atoms with Gasteiger partial charge in [-0.15, -0.1) is 0 Å². The lowest BCUT2D eigenvalue weighted by Gasteiger charge is -2.26. The van der Waals surface area contributed by atoms with Crippen LogP contribution in [0.25, 0.3) is 11.3 Å². The molecule has 6 nitrogen and oxygen atoms in total. The summed E-state index contributed by atoms with van der Waals surface area (Å²) in [5.41, 5.74) is 2.83. The van der Waals surface area contributed by atoms with Crippen LogP contribution in [-0.2, 0) is 0 Å². The minimum Gasteiger partial charge on any atom is -0.508 e. The van der Waals surface area contributed by atoms with E-state index in [-0.39, 0.29) is 17.4 Å². The molecule has 0 saturated heterocycles. The van der Waals surface area contributed by atoms with Gasteiger partial charge in [0, 0.05) is 22.7 Å². The van der Waals surface area contributed by atoms with Crippen molar-refractivity contribution in [2.75, 3.05) is 6.54 Å². The van der Waals surface area contributed by atoms with E-state index in [0.717, 1.165) is 24.8 Å². The van der Waals surface area contributed by atoms with Gasteiger partial charge in [0.25, 0.3) is 5.91 Å². The van der Waals surface area contributed by atoms with E-state index in [9.17, 15) is 15.0 Å². The maximum Gasteiger partial charge on any atom is 0.273 e. The molecule has 2 aromatic carbocycles. The summed E-state index contributed by atoms with van der Waals surface area (Å²) in [5, 5.41) is 28.1. The molecule has 1 aromatic heterocycles. The molecule has 0 spiro atoms. The van der Waals surface area contributed by atoms with E-state index in [4.69, 9.17) is 11.6 Å². The zero-order chi connectivity index (χ0) is 20.5. The van der Waals surface area contributed by atoms with Crippen molar-refractivity contribution in [2.24, 2.45) is 0 Å². The highest BCUT2D eigenvalue weighted by molar-refractivity contribution is 6.31. The molecule has 4 rings (SSSR count). The minimum atomic E-state index is -0.409. The van der Waals surface area contributed by atoms with Gasteiger partial charge in [0.1, 0.15) is 22.9 Å². The third kappa shape index (κ3) is 3.44. The Morgan fingerprint density at radius 3 is 2.76 bits per heavy atom. The van der Waals surface area contributed by atoms with Gasteiger partial charge < -0.3 is 15.1 Å². The Kier molecular flexibility index (Phi) is 5.20. The molecule has 0 radical (unpaired) electrons. The van der Waals surface area contributed by atoms with Gasteiger partial charge in [-0.3, -0.25) is 9.89 Å². The number of aromatic amines is 1. The number of fused-ring (bicyclic) bond motifs is 1. The van der Waals surface area contributed by atoms with E-state index in [0.29, 0.717) is 34.1 Å². The SMILES string of the molecule is CCCCCN1C(=O)c2[nH]nc(-c3cc(Cl)ccc3O)c2C1c1cccc(O)c1. The highest BCUT2D eigenvalue weighted by atomic mass is 35.5. The molecule has 150 valence electrons. The summed E-state index contributed by atoms with van der Waals surface area (Å²) >= 11 is 6.14. The monoisotopic (exact) mass is 411 g/mol. The number of carbonyl (C=O) groups excluding carboxylic acids is 1. The zero-order valence-corrected chi connectivity index (χ0v) is 16.8. The molecule has 1 unspecified atom stereocenters. The molecule has 0 fully saturated rings. The highest BCUT2D eigenvalue weighted by Crippen LogP contribution is 2.45. The number of carbonyl (C=O) groups is 1. The molecule has 3 aromatic rings. The van der Waals surface area contributed by atoms with Crippen LogP contribution in [0.15, 0.2) is 42.5 Å². The van der Waals surface area contributed by atoms with Crippen molar-refractivity contribution in [3.8, 4) is 22.8 Å². The van der Waals surface area contributed by atoms with Gasteiger partial charge in [-0.1, -0.05) is 43.5 Å². The third-order valence-electron chi connectivity index (χ3n) is 5.27. The first-order chi connectivity index (χ1) is 14.0. The zero-order valence-electron chi connectivity index (χ0n) is 16.0. The normalized spacial score (nSPS) is 15.7. The summed E-state index contributed by atoms with van der Waals surface area (Å²) < 4.78 is 0. The first kappa shape index (κ1) is 19.3. The third-order valence-corrected chi connectivity index (χ3v) is 5.50. The number of H-pyrrole nitrogens is 1. The molecule has 0 aliphatic carbocycles. The summed E-state index contributed by atoms with van der Waals surface area (Å²) in [5.74, 6) is 0.0347. The number of nitrogens with one attached hydrogen (secondary N) is 1. The quantitative estimate of drug-likeness (QED) is 0.504. The van der Waals surface area contributed by atoms with Crippen molar-refractivity contribution < 1.29 is 15.0 Å². The van der Waals surface area contributed by atoms with Crippen LogP contribution in [0, 0.1) is 0 Å². The molecule has 2 heterocycles. The van der Waals surface area contributed by atoms with Crippen LogP contribution >= 0.6 is 11.6 Å². The fourth-order valence-corrected chi connectivity index (χ4v) is 4.08. The Morgan fingerprint density at radius 2 is 2.00 bits per heavy atom. The van der Waals surface area contributed by atoms with Gasteiger partial charge >= 0.3 is 0 Å². The number of nitrogens with zero attached hydrogens (tertiary/aromatic N) is 2. The second-order valence-electron chi connectivity index (χ2n) is 7.23. The number of amides is 1. The second-order valence-corrected chi connectivity index (χ2v) is 7.66. The van der Waals surface area contributed by atoms with Crippen molar-refractivity contribution in [1.82, 2.24) is 15.1 Å². The molecular weight excluding hydrogens is 390 g/mol. The summed E-state index contributed by atoms with van der Waals surface area (Å²) in [7, 11) is 0. The maximum atomic E-state index is 13.2. The van der Waals surface area contributed by atoms with Gasteiger partial charge in [0.05, 0.1) is 6.04 Å². The lowest BCUT2D eigenvalue weighted by molar-refractivity contribution is 0.0740. The van der Waals surface area contributed by atoms with Crippen LogP contribution in [0.2, 0.25) is 5.02 Å². The van der Waals surface area contributed by atoms with Crippen LogP contribution in [0.3, 0.4) is 0 Å². The Morgan fingerprint density at radius 1 is 1.17 bits per heavy atom. The smallest absolute Gasteiger partial charge is 0.273 e. The molecule has 0 saturated carbocycles. The van der Waals surface area contributed by atoms with Crippen molar-refractivity contribution in [3.05, 3.63) is 64.3 Å². The highest BCUT2D eigenvalue weighted by Gasteiger charge is 2.42. The number of aromatic hydroxyl groups is 2. The number of hydrogen-bond acceptors (Lipinski definition) is 4. The Bertz CT molecular complexity index is 1060. The van der Waals surface area contributed by atoms with Gasteiger partial charge in [-0.2, -0.15) is 5.10 Å². The molecular formula is C22H22ClN3O3. The Labute approximate surface area is 173 Å². The van der Waals surface area contributed by atoms with E-state index in [1.165, 1.54) is 6.07 Å². The molecule has 29 heavy (non-hydrogen) atoms. The molecule has 0 bridgehead atoms. The maximum absolute atomic E-state index is 13.2. The average Bonchev–Trinajstić information content (AvgIpc) is 3.23. The summed E-state index contributed by atoms with van der Waals surface area (Å²) in [4.78, 5) is 15.0. The predicted octanol–water partition coefficient (Wildman–Crippen LogP) is 4.88. The number of benzene rings is 2. The van der Waals surface area contributed by atoms with Crippen LogP contribution in [-0.4, -0.2) is 37.8 Å². The van der Waals surface area contributed by atoms with Crippen LogP contribution in [0.5, 0.6) is 11.5 Å². The van der Waals surface area contributed by atoms with Crippen LogP contribution < -0.4 is 0 Å². The largest absolute Gasteiger partial charge is 0.508 e. The van der Waals surface area contributed by atoms with Crippen molar-refractivity contribution in [3.63, 3.8) is 0 Å². The van der Waals surface area contributed by atoms with Crippen molar-refractivity contribution in [1.29, 1.82) is 0 Å². The fraction of sp³-hybridized carbons (Fsp3) is 0.273. The lowest BCUT2D eigenvalue weighted by Crippen LogP contribution is -2.30. The Hall–Kier alpha value is -2.99. The number of hydrogen-bond donors (Lipinski definition) is 3. The average molecular weight is 412 g/mol. The molecule has 1 aliphatic heterocycles. The molecule has 1 aliphatic rings. The van der Waals surface area contributed by atoms with Gasteiger partial charge in [-0.25, -0.2) is 0 Å². The van der Waals surface area contributed by atoms with Crippen molar-refractivity contribution >= 4 is 17.5 Å². The molecule has 3 N–H and O–H groups in total. The molecule has 1 atom stereocenters. The topological polar surface area (TPSA) is 89.5 Å². The standard InChI is InChI=1S/C22H22ClN3O3/c1-2-3-4-10-26-21(13-6-5-7-15(27)11-13)18-19(24-25-20(18)22(26)29)16-12-14(23)8-9-17(16)28/h5-9,11-12,21,27-28H,2-4,10H2,1H3,(H,24,25). The van der Waals surface area contributed by atoms with Crippen LogP contribution in [0.4, 0.5) is 0 Å². The van der Waals surface area contributed by atoms with E-state index >= 15 is 0 Å². The van der Waals surface area contributed by atoms with Crippen LogP contribution in [0.1, 0.15) is 53.8 Å². The number of aromatic nitrogens is 2. The van der Waals surface area contributed by atoms with Gasteiger partial charge in [-0.05, 0) is 42.3 Å². The Balaban J connectivity index is 1.86. The first-order valence-electron chi connectivity index (χ1n) is 9.68. The second kappa shape index (κ2) is 7.79.